The predicted octanol–water partition coefficient (Wildman–Crippen LogP) is 2.95. The van der Waals surface area contributed by atoms with E-state index in [2.05, 4.69) is 24.5 Å². The van der Waals surface area contributed by atoms with Gasteiger partial charge >= 0.3 is 0 Å². The molecule has 0 spiro atoms. The molecule has 2 rings (SSSR count). The van der Waals surface area contributed by atoms with E-state index < -0.39 is 0 Å². The Bertz CT molecular complexity index is 234. The second-order valence-corrected chi connectivity index (χ2v) is 4.39. The lowest BCUT2D eigenvalue weighted by Crippen LogP contribution is -2.33. The summed E-state index contributed by atoms with van der Waals surface area (Å²) in [6.07, 6.45) is 7.43. The smallest absolute Gasteiger partial charge is 0.0352 e. The highest BCUT2D eigenvalue weighted by Gasteiger charge is 2.23. The molecule has 0 bridgehead atoms. The highest BCUT2D eigenvalue weighted by molar-refractivity contribution is 5.31. The van der Waals surface area contributed by atoms with E-state index in [4.69, 9.17) is 0 Å². The summed E-state index contributed by atoms with van der Waals surface area (Å²) in [6, 6.07) is 0. The SMILES string of the molecule is C=CC(=C1CC1)N1CCCC(C)C1. The van der Waals surface area contributed by atoms with Crippen LogP contribution in [0.5, 0.6) is 0 Å². The molecule has 1 atom stereocenters. The standard InChI is InChI=1S/C12H19N/c1-3-12(11-6-7-11)13-8-4-5-10(2)9-13/h3,10H,1,4-9H2,2H3. The predicted molar refractivity (Wildman–Crippen MR) is 56.4 cm³/mol. The minimum atomic E-state index is 0.864. The molecule has 1 unspecified atom stereocenters. The van der Waals surface area contributed by atoms with Crippen LogP contribution in [0, 0.1) is 5.92 Å². The summed E-state index contributed by atoms with van der Waals surface area (Å²) in [5, 5.41) is 0. The number of nitrogens with zero attached hydrogens (tertiary/aromatic N) is 1. The van der Waals surface area contributed by atoms with Crippen LogP contribution in [0.4, 0.5) is 0 Å². The quantitative estimate of drug-likeness (QED) is 0.627. The highest BCUT2D eigenvalue weighted by Crippen LogP contribution is 2.35. The van der Waals surface area contributed by atoms with Crippen molar-refractivity contribution in [3.05, 3.63) is 23.9 Å². The fourth-order valence-electron chi connectivity index (χ4n) is 2.22. The van der Waals surface area contributed by atoms with Gasteiger partial charge in [0.05, 0.1) is 0 Å². The fraction of sp³-hybridized carbons (Fsp3) is 0.667. The molecule has 2 aliphatic rings. The van der Waals surface area contributed by atoms with Gasteiger partial charge in [0.15, 0.2) is 0 Å². The minimum absolute atomic E-state index is 0.864. The largest absolute Gasteiger partial charge is 0.371 e. The Morgan fingerprint density at radius 3 is 2.85 bits per heavy atom. The first-order valence-corrected chi connectivity index (χ1v) is 5.40. The highest BCUT2D eigenvalue weighted by atomic mass is 15.1. The molecule has 1 heteroatoms. The molecule has 1 heterocycles. The monoisotopic (exact) mass is 177 g/mol. The Morgan fingerprint density at radius 2 is 2.31 bits per heavy atom. The number of piperidine rings is 1. The fourth-order valence-corrected chi connectivity index (χ4v) is 2.22. The Labute approximate surface area is 81.1 Å². The molecule has 0 aromatic heterocycles. The van der Waals surface area contributed by atoms with Crippen LogP contribution >= 0.6 is 0 Å². The molecule has 1 aliphatic carbocycles. The molecule has 2 fully saturated rings. The second-order valence-electron chi connectivity index (χ2n) is 4.39. The van der Waals surface area contributed by atoms with Crippen molar-refractivity contribution >= 4 is 0 Å². The number of rotatable bonds is 2. The molecule has 1 saturated heterocycles. The normalized spacial score (nSPS) is 27.3. The zero-order valence-electron chi connectivity index (χ0n) is 8.55. The van der Waals surface area contributed by atoms with E-state index in [1.807, 2.05) is 0 Å². The molecule has 0 aromatic carbocycles. The van der Waals surface area contributed by atoms with Crippen LogP contribution < -0.4 is 0 Å². The van der Waals surface area contributed by atoms with Crippen molar-refractivity contribution in [3.8, 4) is 0 Å². The molecule has 1 aliphatic heterocycles. The summed E-state index contributed by atoms with van der Waals surface area (Å²) in [7, 11) is 0. The number of hydrogen-bond donors (Lipinski definition) is 0. The summed E-state index contributed by atoms with van der Waals surface area (Å²) in [5.74, 6) is 0.864. The van der Waals surface area contributed by atoms with Crippen LogP contribution in [0.1, 0.15) is 32.6 Å². The molecule has 0 N–H and O–H groups in total. The molecule has 0 aromatic rings. The average molecular weight is 177 g/mol. The number of likely N-dealkylation sites (tertiary alicyclic amines) is 1. The van der Waals surface area contributed by atoms with E-state index >= 15 is 0 Å². The van der Waals surface area contributed by atoms with Gasteiger partial charge in [-0.05, 0) is 43.3 Å². The first-order chi connectivity index (χ1) is 6.31. The van der Waals surface area contributed by atoms with E-state index in [0.717, 1.165) is 5.92 Å². The van der Waals surface area contributed by atoms with Crippen molar-refractivity contribution in [1.82, 2.24) is 4.90 Å². The molecule has 13 heavy (non-hydrogen) atoms. The molecule has 0 amide bonds. The van der Waals surface area contributed by atoms with Gasteiger partial charge < -0.3 is 4.90 Å². The van der Waals surface area contributed by atoms with Crippen LogP contribution in [0.3, 0.4) is 0 Å². The van der Waals surface area contributed by atoms with Gasteiger partial charge in [0.25, 0.3) is 0 Å². The van der Waals surface area contributed by atoms with Gasteiger partial charge in [-0.2, -0.15) is 0 Å². The first-order valence-electron chi connectivity index (χ1n) is 5.40. The Kier molecular flexibility index (Phi) is 2.43. The van der Waals surface area contributed by atoms with Gasteiger partial charge in [-0.1, -0.05) is 13.5 Å². The summed E-state index contributed by atoms with van der Waals surface area (Å²) < 4.78 is 0. The maximum absolute atomic E-state index is 3.92. The van der Waals surface area contributed by atoms with Crippen molar-refractivity contribution in [1.29, 1.82) is 0 Å². The minimum Gasteiger partial charge on any atom is -0.371 e. The Balaban J connectivity index is 2.06. The van der Waals surface area contributed by atoms with Crippen molar-refractivity contribution in [2.24, 2.45) is 5.92 Å². The second kappa shape index (κ2) is 3.57. The first kappa shape index (κ1) is 8.86. The topological polar surface area (TPSA) is 3.24 Å². The van der Waals surface area contributed by atoms with Crippen LogP contribution in [-0.2, 0) is 0 Å². The summed E-state index contributed by atoms with van der Waals surface area (Å²) in [6.45, 7) is 8.76. The molecular weight excluding hydrogens is 158 g/mol. The van der Waals surface area contributed by atoms with Crippen LogP contribution in [0.15, 0.2) is 23.9 Å². The maximum Gasteiger partial charge on any atom is 0.0352 e. The Hall–Kier alpha value is -0.720. The average Bonchev–Trinajstić information content (AvgIpc) is 2.90. The summed E-state index contributed by atoms with van der Waals surface area (Å²) >= 11 is 0. The molecule has 1 saturated carbocycles. The summed E-state index contributed by atoms with van der Waals surface area (Å²) in [4.78, 5) is 2.53. The third-order valence-electron chi connectivity index (χ3n) is 3.05. The van der Waals surface area contributed by atoms with Crippen molar-refractivity contribution in [2.75, 3.05) is 13.1 Å². The lowest BCUT2D eigenvalue weighted by atomic mass is 9.99. The summed E-state index contributed by atoms with van der Waals surface area (Å²) in [5.41, 5.74) is 3.08. The van der Waals surface area contributed by atoms with E-state index in [1.165, 1.54) is 44.5 Å². The molecule has 1 nitrogen and oxygen atoms in total. The number of hydrogen-bond acceptors (Lipinski definition) is 1. The van der Waals surface area contributed by atoms with E-state index in [0.29, 0.717) is 0 Å². The van der Waals surface area contributed by atoms with Gasteiger partial charge in [0.1, 0.15) is 0 Å². The molecule has 72 valence electrons. The van der Waals surface area contributed by atoms with Crippen molar-refractivity contribution < 1.29 is 0 Å². The van der Waals surface area contributed by atoms with Gasteiger partial charge in [-0.25, -0.2) is 0 Å². The zero-order valence-corrected chi connectivity index (χ0v) is 8.55. The van der Waals surface area contributed by atoms with E-state index in [-0.39, 0.29) is 0 Å². The maximum atomic E-state index is 3.92. The van der Waals surface area contributed by atoms with Crippen LogP contribution in [0.2, 0.25) is 0 Å². The van der Waals surface area contributed by atoms with Gasteiger partial charge in [-0.3, -0.25) is 0 Å². The third kappa shape index (κ3) is 1.96. The molecule has 0 radical (unpaired) electrons. The van der Waals surface area contributed by atoms with Crippen LogP contribution in [0.25, 0.3) is 0 Å². The van der Waals surface area contributed by atoms with E-state index in [9.17, 15) is 0 Å². The zero-order chi connectivity index (χ0) is 9.26. The lowest BCUT2D eigenvalue weighted by Gasteiger charge is -2.33. The molecular formula is C12H19N. The number of allylic oxidation sites excluding steroid dienone is 2. The van der Waals surface area contributed by atoms with Crippen molar-refractivity contribution in [2.45, 2.75) is 32.6 Å². The Morgan fingerprint density at radius 1 is 1.54 bits per heavy atom. The van der Waals surface area contributed by atoms with Gasteiger partial charge in [0.2, 0.25) is 0 Å². The van der Waals surface area contributed by atoms with Crippen LogP contribution in [-0.4, -0.2) is 18.0 Å². The van der Waals surface area contributed by atoms with Gasteiger partial charge in [-0.15, -0.1) is 0 Å². The van der Waals surface area contributed by atoms with Crippen molar-refractivity contribution in [3.63, 3.8) is 0 Å². The lowest BCUT2D eigenvalue weighted by molar-refractivity contribution is 0.234. The van der Waals surface area contributed by atoms with E-state index in [1.54, 1.807) is 5.57 Å². The van der Waals surface area contributed by atoms with Gasteiger partial charge in [0, 0.05) is 18.8 Å². The third-order valence-corrected chi connectivity index (χ3v) is 3.05.